The van der Waals surface area contributed by atoms with Crippen LogP contribution < -0.4 is 5.32 Å². The molecule has 0 aromatic rings. The first-order chi connectivity index (χ1) is 9.22. The van der Waals surface area contributed by atoms with Crippen LogP contribution in [0.3, 0.4) is 0 Å². The molecular weight excluding hydrogens is 286 g/mol. The van der Waals surface area contributed by atoms with Crippen LogP contribution in [0.1, 0.15) is 41.5 Å². The number of hydrogen-bond acceptors (Lipinski definition) is 3. The van der Waals surface area contributed by atoms with Crippen molar-refractivity contribution in [1.29, 1.82) is 0 Å². The maximum atomic E-state index is 11.9. The molecule has 2 N–H and O–H groups in total. The van der Waals surface area contributed by atoms with Gasteiger partial charge in [-0.1, -0.05) is 20.8 Å². The second kappa shape index (κ2) is 5.39. The van der Waals surface area contributed by atoms with Gasteiger partial charge < -0.3 is 14.8 Å². The molecule has 1 aliphatic heterocycles. The number of hydrogen-bond donors (Lipinski definition) is 2. The molecule has 0 bridgehead atoms. The van der Waals surface area contributed by atoms with Crippen LogP contribution in [0.15, 0.2) is 0 Å². The highest BCUT2D eigenvalue weighted by Gasteiger charge is 2.55. The predicted octanol–water partition coefficient (Wildman–Crippen LogP) is 2.62. The molecule has 0 radical (unpaired) electrons. The average molecular weight is 315 g/mol. The van der Waals surface area contributed by atoms with Crippen LogP contribution in [0, 0.1) is 11.3 Å². The van der Waals surface area contributed by atoms with E-state index in [0.29, 0.717) is 0 Å². The van der Waals surface area contributed by atoms with Crippen molar-refractivity contribution in [3.8, 4) is 0 Å². The Kier molecular flexibility index (Phi) is 4.66. The summed E-state index contributed by atoms with van der Waals surface area (Å²) in [6.07, 6.45) is -0.275. The van der Waals surface area contributed by atoms with Gasteiger partial charge in [-0.05, 0) is 38.9 Å². The van der Waals surface area contributed by atoms with Crippen molar-refractivity contribution in [2.45, 2.75) is 71.8 Å². The van der Waals surface area contributed by atoms with Gasteiger partial charge in [0.2, 0.25) is 5.91 Å². The molecule has 3 atom stereocenters. The number of carboxylic acid groups (broad SMARTS) is 1. The van der Waals surface area contributed by atoms with E-state index in [4.69, 9.17) is 4.43 Å². The Morgan fingerprint density at radius 2 is 1.76 bits per heavy atom. The molecule has 21 heavy (non-hydrogen) atoms. The molecular formula is C15H29NO4Si. The summed E-state index contributed by atoms with van der Waals surface area (Å²) in [5, 5.41) is 12.1. The van der Waals surface area contributed by atoms with Crippen LogP contribution in [0.5, 0.6) is 0 Å². The second-order valence-electron chi connectivity index (χ2n) is 8.12. The third-order valence-corrected chi connectivity index (χ3v) is 9.65. The summed E-state index contributed by atoms with van der Waals surface area (Å²) in [5.41, 5.74) is -0.996. The summed E-state index contributed by atoms with van der Waals surface area (Å²) >= 11 is 0. The zero-order chi connectivity index (χ0) is 16.8. The molecule has 5 nitrogen and oxygen atoms in total. The molecule has 0 aromatic heterocycles. The Morgan fingerprint density at radius 3 is 2.10 bits per heavy atom. The van der Waals surface area contributed by atoms with Gasteiger partial charge in [0.15, 0.2) is 8.32 Å². The number of β-lactam (4-membered cyclic amide) rings is 1. The Bertz CT molecular complexity index is 439. The second-order valence-corrected chi connectivity index (χ2v) is 12.9. The van der Waals surface area contributed by atoms with Crippen molar-refractivity contribution in [3.05, 3.63) is 0 Å². The lowest BCUT2D eigenvalue weighted by molar-refractivity contribution is -0.159. The molecule has 0 spiro atoms. The maximum absolute atomic E-state index is 11.9. The molecule has 1 unspecified atom stereocenters. The number of nitrogens with one attached hydrogen (secondary N) is 1. The SMILES string of the molecule is CC(O[Si](C)(C)C(C)(C)C)[C@H]1C(=O)N[C@@H]1C(C)(C)C(=O)O. The molecule has 0 saturated carbocycles. The zero-order valence-corrected chi connectivity index (χ0v) is 15.4. The molecule has 1 aliphatic rings. The summed E-state index contributed by atoms with van der Waals surface area (Å²) in [5.74, 6) is -1.41. The summed E-state index contributed by atoms with van der Waals surface area (Å²) in [7, 11) is -1.99. The minimum atomic E-state index is -1.99. The van der Waals surface area contributed by atoms with Gasteiger partial charge in [-0.15, -0.1) is 0 Å². The number of carbonyl (C=O) groups is 2. The molecule has 1 saturated heterocycles. The first-order valence-corrected chi connectivity index (χ1v) is 10.3. The lowest BCUT2D eigenvalue weighted by Gasteiger charge is -2.49. The van der Waals surface area contributed by atoms with Gasteiger partial charge in [0.05, 0.1) is 23.5 Å². The first-order valence-electron chi connectivity index (χ1n) is 7.43. The van der Waals surface area contributed by atoms with Gasteiger partial charge in [-0.2, -0.15) is 0 Å². The van der Waals surface area contributed by atoms with E-state index in [2.05, 4.69) is 39.2 Å². The molecule has 0 aromatic carbocycles. The topological polar surface area (TPSA) is 75.6 Å². The molecule has 6 heteroatoms. The van der Waals surface area contributed by atoms with Crippen molar-refractivity contribution in [1.82, 2.24) is 5.32 Å². The third kappa shape index (κ3) is 3.31. The minimum absolute atomic E-state index is 0.0549. The summed E-state index contributed by atoms with van der Waals surface area (Å²) in [6, 6.07) is -0.387. The average Bonchev–Trinajstić information content (AvgIpc) is 2.22. The molecule has 1 heterocycles. The lowest BCUT2D eigenvalue weighted by Crippen LogP contribution is -2.69. The molecule has 122 valence electrons. The van der Waals surface area contributed by atoms with E-state index >= 15 is 0 Å². The molecule has 0 aliphatic carbocycles. The van der Waals surface area contributed by atoms with Gasteiger partial charge >= 0.3 is 5.97 Å². The third-order valence-electron chi connectivity index (χ3n) is 5.08. The molecule has 1 amide bonds. The largest absolute Gasteiger partial charge is 0.481 e. The standard InChI is InChI=1S/C15H29NO4Si/c1-9(20-21(7,8)14(2,3)4)10-11(16-12(10)17)15(5,6)13(18)19/h9-11H,1-8H3,(H,16,17)(H,18,19)/t9?,10-,11+/m1/s1. The van der Waals surface area contributed by atoms with Crippen molar-refractivity contribution < 1.29 is 19.1 Å². The number of amides is 1. The van der Waals surface area contributed by atoms with Crippen LogP contribution in [-0.2, 0) is 14.0 Å². The van der Waals surface area contributed by atoms with E-state index in [9.17, 15) is 14.7 Å². The van der Waals surface area contributed by atoms with Gasteiger partial charge in [-0.3, -0.25) is 9.59 Å². The minimum Gasteiger partial charge on any atom is -0.481 e. The maximum Gasteiger partial charge on any atom is 0.311 e. The Balaban J connectivity index is 2.89. The molecule has 1 fully saturated rings. The Hall–Kier alpha value is -0.883. The van der Waals surface area contributed by atoms with Gasteiger partial charge in [0.1, 0.15) is 0 Å². The fourth-order valence-electron chi connectivity index (χ4n) is 2.36. The molecule has 1 rings (SSSR count). The highest BCUT2D eigenvalue weighted by atomic mass is 28.4. The van der Waals surface area contributed by atoms with Crippen LogP contribution in [0.2, 0.25) is 18.1 Å². The number of carboxylic acids is 1. The summed E-state index contributed by atoms with van der Waals surface area (Å²) < 4.78 is 6.27. The quantitative estimate of drug-likeness (QED) is 0.604. The van der Waals surface area contributed by atoms with E-state index < -0.39 is 25.6 Å². The predicted molar refractivity (Wildman–Crippen MR) is 84.6 cm³/mol. The van der Waals surface area contributed by atoms with E-state index in [1.807, 2.05) is 6.92 Å². The smallest absolute Gasteiger partial charge is 0.311 e. The lowest BCUT2D eigenvalue weighted by atomic mass is 9.70. The van der Waals surface area contributed by atoms with E-state index in [1.165, 1.54) is 0 Å². The Labute approximate surface area is 128 Å². The summed E-state index contributed by atoms with van der Waals surface area (Å²) in [6.45, 7) is 15.9. The zero-order valence-electron chi connectivity index (χ0n) is 14.4. The highest BCUT2D eigenvalue weighted by molar-refractivity contribution is 6.74. The van der Waals surface area contributed by atoms with Crippen LogP contribution >= 0.6 is 0 Å². The number of carbonyl (C=O) groups excluding carboxylic acids is 1. The normalized spacial score (nSPS) is 25.0. The highest BCUT2D eigenvalue weighted by Crippen LogP contribution is 2.41. The van der Waals surface area contributed by atoms with Crippen LogP contribution in [-0.4, -0.2) is 37.4 Å². The number of rotatable bonds is 5. The fourth-order valence-corrected chi connectivity index (χ4v) is 3.79. The fraction of sp³-hybridized carbons (Fsp3) is 0.867. The van der Waals surface area contributed by atoms with Gasteiger partial charge in [0.25, 0.3) is 0 Å². The van der Waals surface area contributed by atoms with Crippen LogP contribution in [0.4, 0.5) is 0 Å². The van der Waals surface area contributed by atoms with E-state index in [-0.39, 0.29) is 23.1 Å². The van der Waals surface area contributed by atoms with Crippen molar-refractivity contribution >= 4 is 20.2 Å². The van der Waals surface area contributed by atoms with Gasteiger partial charge in [-0.25, -0.2) is 0 Å². The van der Waals surface area contributed by atoms with Crippen molar-refractivity contribution in [2.24, 2.45) is 11.3 Å². The van der Waals surface area contributed by atoms with Crippen molar-refractivity contribution in [2.75, 3.05) is 0 Å². The summed E-state index contributed by atoms with van der Waals surface area (Å²) in [4.78, 5) is 23.3. The first kappa shape index (κ1) is 18.2. The van der Waals surface area contributed by atoms with E-state index in [1.54, 1.807) is 13.8 Å². The number of aliphatic carboxylic acids is 1. The Morgan fingerprint density at radius 1 is 1.29 bits per heavy atom. The van der Waals surface area contributed by atoms with Crippen LogP contribution in [0.25, 0.3) is 0 Å². The van der Waals surface area contributed by atoms with Crippen molar-refractivity contribution in [3.63, 3.8) is 0 Å². The van der Waals surface area contributed by atoms with E-state index in [0.717, 1.165) is 0 Å². The van der Waals surface area contributed by atoms with Gasteiger partial charge in [0, 0.05) is 0 Å². The monoisotopic (exact) mass is 315 g/mol.